The minimum Gasteiger partial charge on any atom is -0.297 e. The van der Waals surface area contributed by atoms with E-state index in [1.807, 2.05) is 41.5 Å². The van der Waals surface area contributed by atoms with Gasteiger partial charge >= 0.3 is 0 Å². The summed E-state index contributed by atoms with van der Waals surface area (Å²) in [5.74, 6) is 0.449. The summed E-state index contributed by atoms with van der Waals surface area (Å²) in [6, 6.07) is -0.103. The van der Waals surface area contributed by atoms with E-state index in [9.17, 15) is 4.79 Å². The number of carbonyl (C=O) groups is 1. The molecular formula is C11H22N2O. The van der Waals surface area contributed by atoms with Crippen molar-refractivity contribution < 1.29 is 4.79 Å². The molecule has 0 spiro atoms. The molecule has 0 amide bonds. The highest BCUT2D eigenvalue weighted by Gasteiger charge is 2.23. The molecule has 0 saturated heterocycles. The first-order chi connectivity index (χ1) is 6.36. The summed E-state index contributed by atoms with van der Waals surface area (Å²) in [5, 5.41) is 8.17. The Bertz CT molecular complexity index is 207. The van der Waals surface area contributed by atoms with E-state index >= 15 is 0 Å². The van der Waals surface area contributed by atoms with Crippen molar-refractivity contribution in [3.8, 4) is 0 Å². The van der Waals surface area contributed by atoms with Crippen molar-refractivity contribution >= 4 is 5.78 Å². The molecule has 82 valence electrons. The summed E-state index contributed by atoms with van der Waals surface area (Å²) in [4.78, 5) is 11.7. The molecule has 0 bridgehead atoms. The summed E-state index contributed by atoms with van der Waals surface area (Å²) < 4.78 is 0. The van der Waals surface area contributed by atoms with Crippen LogP contribution in [-0.4, -0.2) is 17.9 Å². The topological polar surface area (TPSA) is 41.8 Å². The van der Waals surface area contributed by atoms with Crippen molar-refractivity contribution in [3.05, 3.63) is 0 Å². The van der Waals surface area contributed by atoms with E-state index in [4.69, 9.17) is 0 Å². The van der Waals surface area contributed by atoms with Crippen LogP contribution in [0.3, 0.4) is 0 Å². The van der Waals surface area contributed by atoms with Gasteiger partial charge in [-0.1, -0.05) is 27.7 Å². The molecule has 1 unspecified atom stereocenters. The number of ketones is 1. The predicted octanol–water partition coefficient (Wildman–Crippen LogP) is 3.10. The van der Waals surface area contributed by atoms with Crippen molar-refractivity contribution in [3.63, 3.8) is 0 Å². The molecule has 0 N–H and O–H groups in total. The standard InChI is InChI=1S/C11H22N2O/c1-7(2)10(11(14)8(3)4)13-12-9(5)6/h7-10H,1-6H3/b13-12-. The highest BCUT2D eigenvalue weighted by atomic mass is 16.1. The number of azo groups is 1. The van der Waals surface area contributed by atoms with Gasteiger partial charge in [-0.15, -0.1) is 0 Å². The average Bonchev–Trinajstić information content (AvgIpc) is 2.02. The molecule has 0 fully saturated rings. The maximum atomic E-state index is 11.7. The third-order valence-corrected chi connectivity index (χ3v) is 1.91. The Morgan fingerprint density at radius 2 is 1.43 bits per heavy atom. The molecule has 0 heterocycles. The van der Waals surface area contributed by atoms with E-state index in [-0.39, 0.29) is 29.7 Å². The Hall–Kier alpha value is -0.730. The van der Waals surface area contributed by atoms with Crippen LogP contribution in [0.1, 0.15) is 41.5 Å². The molecular weight excluding hydrogens is 176 g/mol. The van der Waals surface area contributed by atoms with Crippen LogP contribution in [-0.2, 0) is 4.79 Å². The van der Waals surface area contributed by atoms with Gasteiger partial charge in [0, 0.05) is 5.92 Å². The molecule has 3 heteroatoms. The Morgan fingerprint density at radius 3 is 1.71 bits per heavy atom. The normalized spacial score (nSPS) is 14.6. The van der Waals surface area contributed by atoms with Crippen LogP contribution in [0.25, 0.3) is 0 Å². The van der Waals surface area contributed by atoms with E-state index in [2.05, 4.69) is 10.2 Å². The van der Waals surface area contributed by atoms with Crippen molar-refractivity contribution in [1.82, 2.24) is 0 Å². The van der Waals surface area contributed by atoms with Crippen LogP contribution in [0.2, 0.25) is 0 Å². The Kier molecular flexibility index (Phi) is 5.58. The fraction of sp³-hybridized carbons (Fsp3) is 0.909. The Balaban J connectivity index is 4.53. The number of hydrogen-bond acceptors (Lipinski definition) is 3. The van der Waals surface area contributed by atoms with Gasteiger partial charge in [-0.3, -0.25) is 4.79 Å². The van der Waals surface area contributed by atoms with Crippen molar-refractivity contribution in [2.75, 3.05) is 0 Å². The summed E-state index contributed by atoms with van der Waals surface area (Å²) in [6.07, 6.45) is 0. The molecule has 0 aromatic rings. The summed E-state index contributed by atoms with van der Waals surface area (Å²) in [6.45, 7) is 11.7. The Morgan fingerprint density at radius 1 is 0.929 bits per heavy atom. The van der Waals surface area contributed by atoms with Gasteiger partial charge in [0.15, 0.2) is 5.78 Å². The first-order valence-corrected chi connectivity index (χ1v) is 5.30. The van der Waals surface area contributed by atoms with E-state index in [1.165, 1.54) is 0 Å². The van der Waals surface area contributed by atoms with Crippen LogP contribution >= 0.6 is 0 Å². The van der Waals surface area contributed by atoms with Crippen molar-refractivity contribution in [2.45, 2.75) is 53.6 Å². The molecule has 0 rings (SSSR count). The second-order valence-electron chi connectivity index (χ2n) is 4.57. The van der Waals surface area contributed by atoms with Gasteiger partial charge in [-0.25, -0.2) is 0 Å². The molecule has 0 aliphatic heterocycles. The molecule has 3 nitrogen and oxygen atoms in total. The van der Waals surface area contributed by atoms with Gasteiger partial charge in [0.2, 0.25) is 0 Å². The van der Waals surface area contributed by atoms with Gasteiger partial charge in [-0.2, -0.15) is 10.2 Å². The lowest BCUT2D eigenvalue weighted by atomic mass is 9.94. The fourth-order valence-corrected chi connectivity index (χ4v) is 1.07. The van der Waals surface area contributed by atoms with E-state index in [0.717, 1.165) is 0 Å². The van der Waals surface area contributed by atoms with Crippen LogP contribution in [0.15, 0.2) is 10.2 Å². The zero-order valence-electron chi connectivity index (χ0n) is 10.1. The third-order valence-electron chi connectivity index (χ3n) is 1.91. The second kappa shape index (κ2) is 5.89. The lowest BCUT2D eigenvalue weighted by Gasteiger charge is -2.16. The van der Waals surface area contributed by atoms with E-state index in [0.29, 0.717) is 0 Å². The van der Waals surface area contributed by atoms with Gasteiger partial charge in [0.25, 0.3) is 0 Å². The van der Waals surface area contributed by atoms with Crippen molar-refractivity contribution in [1.29, 1.82) is 0 Å². The van der Waals surface area contributed by atoms with Gasteiger partial charge < -0.3 is 0 Å². The van der Waals surface area contributed by atoms with Gasteiger partial charge in [0.1, 0.15) is 6.04 Å². The first kappa shape index (κ1) is 13.3. The zero-order chi connectivity index (χ0) is 11.3. The molecule has 1 atom stereocenters. The summed E-state index contributed by atoms with van der Waals surface area (Å²) in [5.41, 5.74) is 0. The van der Waals surface area contributed by atoms with Gasteiger partial charge in [0.05, 0.1) is 6.04 Å². The molecule has 0 saturated carbocycles. The monoisotopic (exact) mass is 198 g/mol. The number of Topliss-reactive ketones (excluding diaryl/α,β-unsaturated/α-hetero) is 1. The summed E-state index contributed by atoms with van der Waals surface area (Å²) in [7, 11) is 0. The second-order valence-corrected chi connectivity index (χ2v) is 4.57. The molecule has 0 aromatic heterocycles. The third kappa shape index (κ3) is 4.49. The number of hydrogen-bond donors (Lipinski definition) is 0. The minimum absolute atomic E-state index is 0.0357. The quantitative estimate of drug-likeness (QED) is 0.626. The smallest absolute Gasteiger partial charge is 0.161 e. The first-order valence-electron chi connectivity index (χ1n) is 5.30. The highest BCUT2D eigenvalue weighted by molar-refractivity contribution is 5.85. The predicted molar refractivity (Wildman–Crippen MR) is 58.5 cm³/mol. The molecule has 0 aliphatic carbocycles. The summed E-state index contributed by atoms with van der Waals surface area (Å²) >= 11 is 0. The Labute approximate surface area is 87.0 Å². The zero-order valence-corrected chi connectivity index (χ0v) is 10.1. The van der Waals surface area contributed by atoms with Crippen LogP contribution in [0.5, 0.6) is 0 Å². The number of rotatable bonds is 5. The fourth-order valence-electron chi connectivity index (χ4n) is 1.07. The largest absolute Gasteiger partial charge is 0.297 e. The maximum Gasteiger partial charge on any atom is 0.161 e. The average molecular weight is 198 g/mol. The molecule has 0 aromatic carbocycles. The molecule has 14 heavy (non-hydrogen) atoms. The number of nitrogens with zero attached hydrogens (tertiary/aromatic N) is 2. The molecule has 0 aliphatic rings. The van der Waals surface area contributed by atoms with E-state index < -0.39 is 0 Å². The minimum atomic E-state index is -0.266. The molecule has 0 radical (unpaired) electrons. The lowest BCUT2D eigenvalue weighted by molar-refractivity contribution is -0.124. The SMILES string of the molecule is CC(C)/N=N\C(C(=O)C(C)C)C(C)C. The van der Waals surface area contributed by atoms with Crippen molar-refractivity contribution in [2.24, 2.45) is 22.1 Å². The van der Waals surface area contributed by atoms with E-state index in [1.54, 1.807) is 0 Å². The number of carbonyl (C=O) groups excluding carboxylic acids is 1. The maximum absolute atomic E-state index is 11.7. The highest BCUT2D eigenvalue weighted by Crippen LogP contribution is 2.13. The van der Waals surface area contributed by atoms with Crippen LogP contribution in [0, 0.1) is 11.8 Å². The lowest BCUT2D eigenvalue weighted by Crippen LogP contribution is -2.28. The van der Waals surface area contributed by atoms with Crippen LogP contribution < -0.4 is 0 Å². The van der Waals surface area contributed by atoms with Gasteiger partial charge in [-0.05, 0) is 19.8 Å². The van der Waals surface area contributed by atoms with Crippen LogP contribution in [0.4, 0.5) is 0 Å².